The lowest BCUT2D eigenvalue weighted by Crippen LogP contribution is -2.42. The fraction of sp³-hybridized carbons (Fsp3) is 0.263. The number of amides is 1. The zero-order valence-corrected chi connectivity index (χ0v) is 14.1. The van der Waals surface area contributed by atoms with Gasteiger partial charge in [-0.15, -0.1) is 0 Å². The van der Waals surface area contributed by atoms with E-state index in [1.54, 1.807) is 0 Å². The van der Waals surface area contributed by atoms with Crippen LogP contribution in [0, 0.1) is 0 Å². The predicted octanol–water partition coefficient (Wildman–Crippen LogP) is 2.26. The summed E-state index contributed by atoms with van der Waals surface area (Å²) < 4.78 is 5.31. The summed E-state index contributed by atoms with van der Waals surface area (Å²) in [5.41, 5.74) is 4.43. The summed E-state index contributed by atoms with van der Waals surface area (Å²) in [5, 5.41) is 11.4. The number of carbonyl (C=O) groups is 2. The summed E-state index contributed by atoms with van der Waals surface area (Å²) in [5.74, 6) is 3.65. The van der Waals surface area contributed by atoms with Crippen molar-refractivity contribution < 1.29 is 24.3 Å². The molecule has 0 saturated carbocycles. The van der Waals surface area contributed by atoms with Crippen LogP contribution in [0.15, 0.2) is 48.5 Å². The molecule has 4 N–H and O–H groups in total. The molecule has 1 aliphatic carbocycles. The van der Waals surface area contributed by atoms with Gasteiger partial charge in [-0.25, -0.2) is 15.5 Å². The number of nitrogens with one attached hydrogen (secondary N) is 1. The fourth-order valence-electron chi connectivity index (χ4n) is 3.23. The van der Waals surface area contributed by atoms with Crippen molar-refractivity contribution in [2.75, 3.05) is 13.2 Å². The van der Waals surface area contributed by atoms with Crippen LogP contribution in [0.4, 0.5) is 4.79 Å². The van der Waals surface area contributed by atoms with Crippen LogP contribution in [0.2, 0.25) is 0 Å². The first-order valence-electron chi connectivity index (χ1n) is 8.27. The molecule has 1 atom stereocenters. The highest BCUT2D eigenvalue weighted by atomic mass is 16.6. The van der Waals surface area contributed by atoms with E-state index in [0.29, 0.717) is 0 Å². The zero-order valence-electron chi connectivity index (χ0n) is 14.1. The molecule has 26 heavy (non-hydrogen) atoms. The van der Waals surface area contributed by atoms with Gasteiger partial charge in [-0.2, -0.15) is 0 Å². The Hall–Kier alpha value is -2.90. The minimum atomic E-state index is -1.17. The number of ether oxygens (including phenoxy) is 1. The Morgan fingerprint density at radius 3 is 2.19 bits per heavy atom. The first kappa shape index (κ1) is 17.9. The number of nitrogens with two attached hydrogens (primary N) is 1. The third kappa shape index (κ3) is 3.68. The van der Waals surface area contributed by atoms with E-state index >= 15 is 0 Å². The van der Waals surface area contributed by atoms with Gasteiger partial charge in [0, 0.05) is 12.3 Å². The molecule has 0 unspecified atom stereocenters. The molecule has 136 valence electrons. The summed E-state index contributed by atoms with van der Waals surface area (Å²) in [4.78, 5) is 27.6. The number of carboxylic acids is 1. The topological polar surface area (TPSA) is 111 Å². The predicted molar refractivity (Wildman–Crippen MR) is 94.4 cm³/mol. The van der Waals surface area contributed by atoms with Gasteiger partial charge in [-0.1, -0.05) is 48.5 Å². The molecule has 0 spiro atoms. The third-order valence-corrected chi connectivity index (χ3v) is 4.46. The van der Waals surface area contributed by atoms with Crippen LogP contribution in [0.1, 0.15) is 23.5 Å². The van der Waals surface area contributed by atoms with Crippen molar-refractivity contribution in [2.45, 2.75) is 18.4 Å². The van der Waals surface area contributed by atoms with Crippen molar-refractivity contribution in [1.29, 1.82) is 0 Å². The molecule has 0 bridgehead atoms. The van der Waals surface area contributed by atoms with Crippen LogP contribution in [0.25, 0.3) is 11.1 Å². The molecule has 7 nitrogen and oxygen atoms in total. The summed E-state index contributed by atoms with van der Waals surface area (Å²) in [6.45, 7) is 0.139. The molecular formula is C19H20N2O5. The average molecular weight is 356 g/mol. The monoisotopic (exact) mass is 356 g/mol. The molecular weight excluding hydrogens is 336 g/mol. The average Bonchev–Trinajstić information content (AvgIpc) is 2.97. The van der Waals surface area contributed by atoms with Gasteiger partial charge in [0.05, 0.1) is 6.61 Å². The first-order chi connectivity index (χ1) is 12.6. The number of fused-ring (bicyclic) bond motifs is 3. The smallest absolute Gasteiger partial charge is 0.407 e. The lowest BCUT2D eigenvalue weighted by molar-refractivity contribution is -0.139. The molecule has 2 aromatic rings. The molecule has 0 radical (unpaired) electrons. The standard InChI is InChI=1S/C19H20N2O5/c20-26-10-9-17(18(22)23)21-19(24)25-11-16-14-7-3-1-5-12(14)13-6-2-4-8-15(13)16/h1-8,16-17H,9-11,20H2,(H,21,24)(H,22,23)/t17-/m0/s1. The van der Waals surface area contributed by atoms with E-state index in [1.807, 2.05) is 48.5 Å². The quantitative estimate of drug-likeness (QED) is 0.656. The second-order valence-electron chi connectivity index (χ2n) is 6.02. The Labute approximate surface area is 150 Å². The molecule has 0 saturated heterocycles. The fourth-order valence-corrected chi connectivity index (χ4v) is 3.23. The molecule has 2 aromatic carbocycles. The Kier molecular flexibility index (Phi) is 5.50. The minimum Gasteiger partial charge on any atom is -0.480 e. The normalized spacial score (nSPS) is 13.6. The van der Waals surface area contributed by atoms with Crippen molar-refractivity contribution in [3.63, 3.8) is 0 Å². The molecule has 0 heterocycles. The van der Waals surface area contributed by atoms with E-state index in [0.717, 1.165) is 22.3 Å². The van der Waals surface area contributed by atoms with Crippen LogP contribution in [0.3, 0.4) is 0 Å². The number of hydrogen-bond donors (Lipinski definition) is 3. The number of carboxylic acid groups (broad SMARTS) is 1. The van der Waals surface area contributed by atoms with Gasteiger partial charge in [-0.05, 0) is 22.3 Å². The van der Waals surface area contributed by atoms with E-state index < -0.39 is 18.1 Å². The number of alkyl carbamates (subject to hydrolysis) is 1. The van der Waals surface area contributed by atoms with Crippen LogP contribution in [0.5, 0.6) is 0 Å². The van der Waals surface area contributed by atoms with Gasteiger partial charge in [0.1, 0.15) is 12.6 Å². The molecule has 0 fully saturated rings. The molecule has 0 aliphatic heterocycles. The number of carbonyl (C=O) groups excluding carboxylic acids is 1. The molecule has 7 heteroatoms. The largest absolute Gasteiger partial charge is 0.480 e. The van der Waals surface area contributed by atoms with Gasteiger partial charge in [-0.3, -0.25) is 0 Å². The lowest BCUT2D eigenvalue weighted by Gasteiger charge is -2.17. The van der Waals surface area contributed by atoms with Gasteiger partial charge >= 0.3 is 12.1 Å². The molecule has 3 rings (SSSR count). The van der Waals surface area contributed by atoms with Gasteiger partial charge in [0.15, 0.2) is 0 Å². The van der Waals surface area contributed by atoms with Crippen molar-refractivity contribution in [1.82, 2.24) is 5.32 Å². The van der Waals surface area contributed by atoms with Gasteiger partial charge in [0.2, 0.25) is 0 Å². The number of rotatable bonds is 7. The Morgan fingerprint density at radius 2 is 1.65 bits per heavy atom. The van der Waals surface area contributed by atoms with E-state index in [4.69, 9.17) is 15.7 Å². The summed E-state index contributed by atoms with van der Waals surface area (Å²) in [6, 6.07) is 14.8. The number of benzene rings is 2. The van der Waals surface area contributed by atoms with Crippen molar-refractivity contribution in [3.8, 4) is 11.1 Å². The highest BCUT2D eigenvalue weighted by Gasteiger charge is 2.29. The second kappa shape index (κ2) is 7.99. The van der Waals surface area contributed by atoms with E-state index in [-0.39, 0.29) is 25.6 Å². The van der Waals surface area contributed by atoms with Gasteiger partial charge < -0.3 is 20.0 Å². The van der Waals surface area contributed by atoms with Crippen molar-refractivity contribution in [2.24, 2.45) is 5.90 Å². The van der Waals surface area contributed by atoms with Crippen LogP contribution in [-0.2, 0) is 14.4 Å². The van der Waals surface area contributed by atoms with E-state index in [2.05, 4.69) is 10.2 Å². The zero-order chi connectivity index (χ0) is 18.5. The number of hydrogen-bond acceptors (Lipinski definition) is 5. The van der Waals surface area contributed by atoms with Crippen molar-refractivity contribution >= 4 is 12.1 Å². The maximum absolute atomic E-state index is 12.0. The van der Waals surface area contributed by atoms with Crippen LogP contribution < -0.4 is 11.2 Å². The molecule has 1 aliphatic rings. The Bertz CT molecular complexity index is 763. The molecule has 0 aromatic heterocycles. The van der Waals surface area contributed by atoms with E-state index in [1.165, 1.54) is 0 Å². The highest BCUT2D eigenvalue weighted by molar-refractivity contribution is 5.81. The van der Waals surface area contributed by atoms with E-state index in [9.17, 15) is 9.59 Å². The first-order valence-corrected chi connectivity index (χ1v) is 8.27. The van der Waals surface area contributed by atoms with Crippen LogP contribution in [-0.4, -0.2) is 36.4 Å². The lowest BCUT2D eigenvalue weighted by atomic mass is 9.98. The molecule has 1 amide bonds. The second-order valence-corrected chi connectivity index (χ2v) is 6.02. The van der Waals surface area contributed by atoms with Gasteiger partial charge in [0.25, 0.3) is 0 Å². The Balaban J connectivity index is 1.68. The van der Waals surface area contributed by atoms with Crippen molar-refractivity contribution in [3.05, 3.63) is 59.7 Å². The maximum Gasteiger partial charge on any atom is 0.407 e. The highest BCUT2D eigenvalue weighted by Crippen LogP contribution is 2.44. The number of aliphatic carboxylic acids is 1. The summed E-state index contributed by atoms with van der Waals surface area (Å²) >= 11 is 0. The van der Waals surface area contributed by atoms with Crippen LogP contribution >= 0.6 is 0 Å². The summed E-state index contributed by atoms with van der Waals surface area (Å²) in [7, 11) is 0. The summed E-state index contributed by atoms with van der Waals surface area (Å²) in [6.07, 6.45) is -0.730. The Morgan fingerprint density at radius 1 is 1.08 bits per heavy atom. The third-order valence-electron chi connectivity index (χ3n) is 4.46. The maximum atomic E-state index is 12.0. The SMILES string of the molecule is NOCC[C@H](NC(=O)OCC1c2ccccc2-c2ccccc21)C(=O)O. The minimum absolute atomic E-state index is 0.0145.